The van der Waals surface area contributed by atoms with Crippen molar-refractivity contribution in [2.45, 2.75) is 30.7 Å². The number of hydrogen-bond acceptors (Lipinski definition) is 4. The van der Waals surface area contributed by atoms with E-state index < -0.39 is 5.41 Å². The van der Waals surface area contributed by atoms with E-state index in [2.05, 4.69) is 28.1 Å². The molecule has 0 bridgehead atoms. The minimum atomic E-state index is -0.839. The zero-order valence-corrected chi connectivity index (χ0v) is 14.3. The number of anilines is 1. The summed E-state index contributed by atoms with van der Waals surface area (Å²) in [6.45, 7) is 0.933. The van der Waals surface area contributed by atoms with Crippen molar-refractivity contribution in [3.8, 4) is 6.07 Å². The zero-order chi connectivity index (χ0) is 17.7. The maximum absolute atomic E-state index is 12.6. The molecular formula is C21H18N4O. The lowest BCUT2D eigenvalue weighted by Gasteiger charge is -2.44. The Labute approximate surface area is 150 Å². The normalized spacial score (nSPS) is 24.1. The number of H-pyrrole nitrogens is 1. The van der Waals surface area contributed by atoms with Gasteiger partial charge in [-0.3, -0.25) is 4.79 Å². The van der Waals surface area contributed by atoms with Crippen LogP contribution in [0.1, 0.15) is 24.2 Å². The summed E-state index contributed by atoms with van der Waals surface area (Å²) in [4.78, 5) is 22.6. The van der Waals surface area contributed by atoms with E-state index in [0.29, 0.717) is 23.1 Å². The van der Waals surface area contributed by atoms with Crippen molar-refractivity contribution in [2.24, 2.45) is 0 Å². The van der Waals surface area contributed by atoms with E-state index in [1.54, 1.807) is 6.07 Å². The largest absolute Gasteiger partial charge is 0.366 e. The number of benzene rings is 2. The summed E-state index contributed by atoms with van der Waals surface area (Å²) in [5, 5.41) is 10.9. The molecule has 3 heterocycles. The SMILES string of the molecule is N#C[C@@]1(c2nc3ccccc3c(=O)[nH]2)Cc2ccccc2N2CCC[C@@H]21. The Hall–Kier alpha value is -3.13. The Morgan fingerprint density at radius 3 is 2.88 bits per heavy atom. The molecule has 1 fully saturated rings. The van der Waals surface area contributed by atoms with Gasteiger partial charge in [0.2, 0.25) is 0 Å². The van der Waals surface area contributed by atoms with Crippen molar-refractivity contribution in [1.82, 2.24) is 9.97 Å². The molecule has 2 aliphatic heterocycles. The van der Waals surface area contributed by atoms with Crippen molar-refractivity contribution in [2.75, 3.05) is 11.4 Å². The summed E-state index contributed by atoms with van der Waals surface area (Å²) >= 11 is 0. The highest BCUT2D eigenvalue weighted by atomic mass is 16.1. The van der Waals surface area contributed by atoms with Gasteiger partial charge in [-0.15, -0.1) is 0 Å². The molecule has 1 N–H and O–H groups in total. The van der Waals surface area contributed by atoms with Gasteiger partial charge in [-0.25, -0.2) is 4.98 Å². The van der Waals surface area contributed by atoms with E-state index >= 15 is 0 Å². The number of nitriles is 1. The number of rotatable bonds is 1. The molecule has 1 aromatic heterocycles. The Morgan fingerprint density at radius 2 is 2.00 bits per heavy atom. The van der Waals surface area contributed by atoms with Crippen LogP contribution in [-0.4, -0.2) is 22.6 Å². The lowest BCUT2D eigenvalue weighted by Crippen LogP contribution is -2.53. The van der Waals surface area contributed by atoms with Crippen molar-refractivity contribution >= 4 is 16.6 Å². The van der Waals surface area contributed by atoms with E-state index in [1.165, 1.54) is 5.69 Å². The van der Waals surface area contributed by atoms with Crippen LogP contribution in [0.5, 0.6) is 0 Å². The fourth-order valence-corrected chi connectivity index (χ4v) is 4.63. The topological polar surface area (TPSA) is 72.8 Å². The summed E-state index contributed by atoms with van der Waals surface area (Å²) in [5.41, 5.74) is 1.98. The van der Waals surface area contributed by atoms with Crippen LogP contribution < -0.4 is 10.5 Å². The third-order valence-electron chi connectivity index (χ3n) is 5.83. The second-order valence-electron chi connectivity index (χ2n) is 7.17. The number of hydrogen-bond donors (Lipinski definition) is 1. The molecule has 1 saturated heterocycles. The maximum atomic E-state index is 12.6. The second kappa shape index (κ2) is 5.43. The lowest BCUT2D eigenvalue weighted by molar-refractivity contribution is 0.390. The van der Waals surface area contributed by atoms with Crippen molar-refractivity contribution in [3.63, 3.8) is 0 Å². The molecule has 5 heteroatoms. The average Bonchev–Trinajstić information content (AvgIpc) is 3.18. The quantitative estimate of drug-likeness (QED) is 0.738. The Balaban J connectivity index is 1.76. The molecule has 26 heavy (non-hydrogen) atoms. The fourth-order valence-electron chi connectivity index (χ4n) is 4.63. The summed E-state index contributed by atoms with van der Waals surface area (Å²) in [6, 6.07) is 18.2. The van der Waals surface area contributed by atoms with Crippen LogP contribution in [0.4, 0.5) is 5.69 Å². The van der Waals surface area contributed by atoms with Gasteiger partial charge in [0.25, 0.3) is 5.56 Å². The molecule has 2 aliphatic rings. The molecule has 0 radical (unpaired) electrons. The highest BCUT2D eigenvalue weighted by molar-refractivity contribution is 5.77. The molecular weight excluding hydrogens is 324 g/mol. The first kappa shape index (κ1) is 15.2. The van der Waals surface area contributed by atoms with Crippen LogP contribution >= 0.6 is 0 Å². The standard InChI is InChI=1S/C21H18N4O/c22-13-21(20-23-16-8-3-2-7-15(16)19(26)24-20)12-14-6-1-4-9-17(14)25-11-5-10-18(21)25/h1-4,6-9,18H,5,10-12H2,(H,23,24,26)/t18-,21+/m1/s1. The number of aromatic nitrogens is 2. The van der Waals surface area contributed by atoms with Gasteiger partial charge in [0.15, 0.2) is 0 Å². The van der Waals surface area contributed by atoms with Gasteiger partial charge >= 0.3 is 0 Å². The molecule has 0 spiro atoms. The Morgan fingerprint density at radius 1 is 1.19 bits per heavy atom. The number of fused-ring (bicyclic) bond motifs is 4. The zero-order valence-electron chi connectivity index (χ0n) is 14.3. The maximum Gasteiger partial charge on any atom is 0.258 e. The molecule has 0 amide bonds. The van der Waals surface area contributed by atoms with E-state index in [4.69, 9.17) is 4.98 Å². The highest BCUT2D eigenvalue weighted by Crippen LogP contribution is 2.46. The van der Waals surface area contributed by atoms with Crippen LogP contribution in [0.2, 0.25) is 0 Å². The van der Waals surface area contributed by atoms with Crippen LogP contribution in [-0.2, 0) is 11.8 Å². The van der Waals surface area contributed by atoms with Gasteiger partial charge in [0, 0.05) is 18.7 Å². The van der Waals surface area contributed by atoms with Crippen LogP contribution in [0.3, 0.4) is 0 Å². The Kier molecular flexibility index (Phi) is 3.17. The molecule has 3 aromatic rings. The fraction of sp³-hybridized carbons (Fsp3) is 0.286. The molecule has 2 aromatic carbocycles. The van der Waals surface area contributed by atoms with Crippen molar-refractivity contribution in [1.29, 1.82) is 5.26 Å². The molecule has 128 valence electrons. The van der Waals surface area contributed by atoms with Gasteiger partial charge in [-0.1, -0.05) is 30.3 Å². The molecule has 2 atom stereocenters. The number of para-hydroxylation sites is 2. The van der Waals surface area contributed by atoms with E-state index in [1.807, 2.05) is 30.3 Å². The predicted octanol–water partition coefficient (Wildman–Crippen LogP) is 2.91. The Bertz CT molecular complexity index is 1110. The van der Waals surface area contributed by atoms with Crippen LogP contribution in [0.25, 0.3) is 10.9 Å². The van der Waals surface area contributed by atoms with Gasteiger partial charge in [0.1, 0.15) is 11.2 Å². The van der Waals surface area contributed by atoms with E-state index in [-0.39, 0.29) is 11.6 Å². The molecule has 5 nitrogen and oxygen atoms in total. The molecule has 0 aliphatic carbocycles. The van der Waals surface area contributed by atoms with E-state index in [0.717, 1.165) is 24.9 Å². The van der Waals surface area contributed by atoms with E-state index in [9.17, 15) is 10.1 Å². The predicted molar refractivity (Wildman–Crippen MR) is 100 cm³/mol. The summed E-state index contributed by atoms with van der Waals surface area (Å²) < 4.78 is 0. The third-order valence-corrected chi connectivity index (χ3v) is 5.83. The first-order valence-corrected chi connectivity index (χ1v) is 8.98. The summed E-state index contributed by atoms with van der Waals surface area (Å²) in [7, 11) is 0. The number of nitrogens with one attached hydrogen (secondary N) is 1. The van der Waals surface area contributed by atoms with Gasteiger partial charge < -0.3 is 9.88 Å². The third kappa shape index (κ3) is 1.96. The highest BCUT2D eigenvalue weighted by Gasteiger charge is 2.51. The van der Waals surface area contributed by atoms with Gasteiger partial charge in [-0.2, -0.15) is 5.26 Å². The van der Waals surface area contributed by atoms with Crippen LogP contribution in [0, 0.1) is 11.3 Å². The molecule has 5 rings (SSSR count). The van der Waals surface area contributed by atoms with Crippen molar-refractivity contribution in [3.05, 3.63) is 70.3 Å². The first-order chi connectivity index (χ1) is 12.7. The number of nitrogens with zero attached hydrogens (tertiary/aromatic N) is 3. The first-order valence-electron chi connectivity index (χ1n) is 8.98. The molecule has 0 saturated carbocycles. The number of aromatic amines is 1. The minimum Gasteiger partial charge on any atom is -0.366 e. The smallest absolute Gasteiger partial charge is 0.258 e. The van der Waals surface area contributed by atoms with Crippen LogP contribution in [0.15, 0.2) is 53.3 Å². The van der Waals surface area contributed by atoms with Crippen molar-refractivity contribution < 1.29 is 0 Å². The van der Waals surface area contributed by atoms with Gasteiger partial charge in [-0.05, 0) is 36.6 Å². The second-order valence-corrected chi connectivity index (χ2v) is 7.17. The minimum absolute atomic E-state index is 0.0340. The summed E-state index contributed by atoms with van der Waals surface area (Å²) in [6.07, 6.45) is 2.54. The lowest BCUT2D eigenvalue weighted by atomic mass is 9.71. The molecule has 0 unspecified atom stereocenters. The summed E-state index contributed by atoms with van der Waals surface area (Å²) in [5.74, 6) is 0.495. The monoisotopic (exact) mass is 342 g/mol. The average molecular weight is 342 g/mol. The van der Waals surface area contributed by atoms with Gasteiger partial charge in [0.05, 0.1) is 23.0 Å².